The number of pyridine rings is 1. The average Bonchev–Trinajstić information content (AvgIpc) is 2.88. The van der Waals surface area contributed by atoms with Gasteiger partial charge in [-0.2, -0.15) is 0 Å². The van der Waals surface area contributed by atoms with Crippen LogP contribution < -0.4 is 5.32 Å². The van der Waals surface area contributed by atoms with Crippen molar-refractivity contribution in [3.63, 3.8) is 0 Å². The Balaban J connectivity index is 2.27. The summed E-state index contributed by atoms with van der Waals surface area (Å²) in [6, 6.07) is 2.21. The van der Waals surface area contributed by atoms with Gasteiger partial charge in [-0.3, -0.25) is 15.1 Å². The summed E-state index contributed by atoms with van der Waals surface area (Å²) in [6.45, 7) is 0.293. The van der Waals surface area contributed by atoms with Gasteiger partial charge < -0.3 is 10.4 Å². The summed E-state index contributed by atoms with van der Waals surface area (Å²) < 4.78 is 0. The van der Waals surface area contributed by atoms with E-state index in [1.165, 1.54) is 11.3 Å². The van der Waals surface area contributed by atoms with Crippen molar-refractivity contribution in [2.45, 2.75) is 6.54 Å². The van der Waals surface area contributed by atoms with Crippen LogP contribution in [0.4, 0.5) is 11.5 Å². The predicted molar refractivity (Wildman–Crippen MR) is 67.3 cm³/mol. The number of thiazole rings is 1. The number of hydrogen-bond acceptors (Lipinski definition) is 7. The number of aromatic carboxylic acids is 1. The zero-order chi connectivity index (χ0) is 13.8. The Morgan fingerprint density at radius 2 is 2.32 bits per heavy atom. The number of nitrogens with one attached hydrogen (secondary N) is 1. The highest BCUT2D eigenvalue weighted by atomic mass is 32.1. The molecular weight excluding hydrogens is 272 g/mol. The smallest absolute Gasteiger partial charge is 0.354 e. The zero-order valence-electron chi connectivity index (χ0n) is 9.44. The summed E-state index contributed by atoms with van der Waals surface area (Å²) in [7, 11) is 0. The van der Waals surface area contributed by atoms with E-state index in [2.05, 4.69) is 15.3 Å². The van der Waals surface area contributed by atoms with E-state index >= 15 is 0 Å². The van der Waals surface area contributed by atoms with Crippen LogP contribution >= 0.6 is 11.3 Å². The predicted octanol–water partition coefficient (Wildman–Crippen LogP) is 1.76. The fourth-order valence-corrected chi connectivity index (χ4v) is 1.88. The first-order valence-electron chi connectivity index (χ1n) is 5.08. The standard InChI is InChI=1S/C10H8N4O4S/c15-10(16)7-1-2-8(14(17)18)9(13-7)12-4-6-3-11-5-19-6/h1-3,5H,4H2,(H,12,13)(H,15,16). The molecule has 0 aromatic carbocycles. The Morgan fingerprint density at radius 1 is 1.53 bits per heavy atom. The third-order valence-electron chi connectivity index (χ3n) is 2.20. The van der Waals surface area contributed by atoms with Crippen LogP contribution in [0.5, 0.6) is 0 Å². The molecule has 2 rings (SSSR count). The molecule has 0 aliphatic heterocycles. The highest BCUT2D eigenvalue weighted by Gasteiger charge is 2.18. The first kappa shape index (κ1) is 12.9. The van der Waals surface area contributed by atoms with E-state index in [-0.39, 0.29) is 17.2 Å². The van der Waals surface area contributed by atoms with Gasteiger partial charge in [0.1, 0.15) is 0 Å². The van der Waals surface area contributed by atoms with Gasteiger partial charge in [0.15, 0.2) is 5.69 Å². The summed E-state index contributed by atoms with van der Waals surface area (Å²) in [5.74, 6) is -1.31. The molecule has 0 aliphatic rings. The molecule has 0 fully saturated rings. The largest absolute Gasteiger partial charge is 0.477 e. The Hall–Kier alpha value is -2.55. The minimum Gasteiger partial charge on any atom is -0.477 e. The van der Waals surface area contributed by atoms with E-state index in [4.69, 9.17) is 5.11 Å². The summed E-state index contributed by atoms with van der Waals surface area (Å²) in [4.78, 5) is 29.5. The molecule has 19 heavy (non-hydrogen) atoms. The molecule has 0 unspecified atom stereocenters. The molecule has 0 bridgehead atoms. The number of nitro groups is 1. The van der Waals surface area contributed by atoms with Crippen LogP contribution in [0.3, 0.4) is 0 Å². The topological polar surface area (TPSA) is 118 Å². The maximum atomic E-state index is 10.8. The zero-order valence-corrected chi connectivity index (χ0v) is 10.3. The van der Waals surface area contributed by atoms with Gasteiger partial charge in [0.2, 0.25) is 5.82 Å². The third-order valence-corrected chi connectivity index (χ3v) is 2.98. The molecule has 0 saturated carbocycles. The molecule has 8 nitrogen and oxygen atoms in total. The Morgan fingerprint density at radius 3 is 2.89 bits per heavy atom. The van der Waals surface area contributed by atoms with Gasteiger partial charge in [-0.1, -0.05) is 0 Å². The molecule has 0 radical (unpaired) electrons. The van der Waals surface area contributed by atoms with Crippen molar-refractivity contribution >= 4 is 28.8 Å². The quantitative estimate of drug-likeness (QED) is 0.632. The number of nitrogens with zero attached hydrogens (tertiary/aromatic N) is 3. The number of carbonyl (C=O) groups is 1. The molecule has 2 N–H and O–H groups in total. The summed E-state index contributed by atoms with van der Waals surface area (Å²) in [6.07, 6.45) is 1.62. The molecule has 98 valence electrons. The van der Waals surface area contributed by atoms with E-state index in [0.717, 1.165) is 17.0 Å². The fraction of sp³-hybridized carbons (Fsp3) is 0.100. The summed E-state index contributed by atoms with van der Waals surface area (Å²) >= 11 is 1.38. The van der Waals surface area contributed by atoms with Crippen molar-refractivity contribution in [3.8, 4) is 0 Å². The first-order valence-corrected chi connectivity index (χ1v) is 5.96. The monoisotopic (exact) mass is 280 g/mol. The minimum absolute atomic E-state index is 0.0710. The minimum atomic E-state index is -1.24. The lowest BCUT2D eigenvalue weighted by Gasteiger charge is -2.05. The van der Waals surface area contributed by atoms with Crippen molar-refractivity contribution < 1.29 is 14.8 Å². The SMILES string of the molecule is O=C(O)c1ccc([N+](=O)[O-])c(NCc2cncs2)n1. The Bertz CT molecular complexity index is 614. The highest BCUT2D eigenvalue weighted by molar-refractivity contribution is 7.09. The van der Waals surface area contributed by atoms with E-state index in [9.17, 15) is 14.9 Å². The van der Waals surface area contributed by atoms with Crippen LogP contribution in [0.2, 0.25) is 0 Å². The van der Waals surface area contributed by atoms with Gasteiger partial charge >= 0.3 is 11.7 Å². The van der Waals surface area contributed by atoms with Crippen LogP contribution in [-0.2, 0) is 6.54 Å². The van der Waals surface area contributed by atoms with Gasteiger partial charge in [0.25, 0.3) is 0 Å². The van der Waals surface area contributed by atoms with E-state index in [0.29, 0.717) is 6.54 Å². The van der Waals surface area contributed by atoms with Crippen LogP contribution in [0, 0.1) is 10.1 Å². The number of carboxylic acids is 1. The Labute approximate surface area is 110 Å². The molecule has 0 aliphatic carbocycles. The molecule has 0 atom stereocenters. The van der Waals surface area contributed by atoms with Gasteiger partial charge in [-0.25, -0.2) is 9.78 Å². The second-order valence-electron chi connectivity index (χ2n) is 3.45. The van der Waals surface area contributed by atoms with E-state index in [1.807, 2.05) is 0 Å². The highest BCUT2D eigenvalue weighted by Crippen LogP contribution is 2.23. The van der Waals surface area contributed by atoms with Crippen molar-refractivity contribution in [1.29, 1.82) is 0 Å². The molecule has 2 heterocycles. The maximum Gasteiger partial charge on any atom is 0.354 e. The van der Waals surface area contributed by atoms with Crippen molar-refractivity contribution in [2.24, 2.45) is 0 Å². The molecule has 9 heteroatoms. The number of hydrogen-bond donors (Lipinski definition) is 2. The lowest BCUT2D eigenvalue weighted by Crippen LogP contribution is -2.08. The lowest BCUT2D eigenvalue weighted by atomic mass is 10.3. The van der Waals surface area contributed by atoms with E-state index in [1.54, 1.807) is 11.7 Å². The van der Waals surface area contributed by atoms with Gasteiger partial charge in [-0.05, 0) is 6.07 Å². The van der Waals surface area contributed by atoms with Crippen molar-refractivity contribution in [3.05, 3.63) is 44.5 Å². The lowest BCUT2D eigenvalue weighted by molar-refractivity contribution is -0.384. The average molecular weight is 280 g/mol. The van der Waals surface area contributed by atoms with Crippen LogP contribution in [0.15, 0.2) is 23.8 Å². The third kappa shape index (κ3) is 3.01. The normalized spacial score (nSPS) is 10.1. The van der Waals surface area contributed by atoms with Crippen LogP contribution in [-0.4, -0.2) is 26.0 Å². The molecular formula is C10H8N4O4S. The molecule has 0 saturated heterocycles. The summed E-state index contributed by atoms with van der Waals surface area (Å²) in [5, 5.41) is 22.4. The molecule has 0 amide bonds. The number of rotatable bonds is 5. The number of anilines is 1. The van der Waals surface area contributed by atoms with Gasteiger partial charge in [0, 0.05) is 17.1 Å². The van der Waals surface area contributed by atoms with E-state index < -0.39 is 10.9 Å². The fourth-order valence-electron chi connectivity index (χ4n) is 1.35. The van der Waals surface area contributed by atoms with Crippen molar-refractivity contribution in [1.82, 2.24) is 9.97 Å². The molecule has 2 aromatic rings. The number of carboxylic acid groups (broad SMARTS) is 1. The van der Waals surface area contributed by atoms with Crippen LogP contribution in [0.25, 0.3) is 0 Å². The van der Waals surface area contributed by atoms with Gasteiger partial charge in [0.05, 0.1) is 17.0 Å². The molecule has 0 spiro atoms. The van der Waals surface area contributed by atoms with Gasteiger partial charge in [-0.15, -0.1) is 11.3 Å². The van der Waals surface area contributed by atoms with Crippen molar-refractivity contribution in [2.75, 3.05) is 5.32 Å². The number of aromatic nitrogens is 2. The van der Waals surface area contributed by atoms with Crippen LogP contribution in [0.1, 0.15) is 15.4 Å². The maximum absolute atomic E-state index is 10.8. The molecule has 2 aromatic heterocycles. The Kier molecular flexibility index (Phi) is 3.66. The first-order chi connectivity index (χ1) is 9.08. The second-order valence-corrected chi connectivity index (χ2v) is 4.42. The second kappa shape index (κ2) is 5.40. The summed E-state index contributed by atoms with van der Waals surface area (Å²) in [5.41, 5.74) is 1.11.